The number of hydrogen-bond acceptors (Lipinski definition) is 3. The van der Waals surface area contributed by atoms with Gasteiger partial charge in [0.25, 0.3) is 0 Å². The molecular weight excluding hydrogens is 280 g/mol. The van der Waals surface area contributed by atoms with Gasteiger partial charge in [0.05, 0.1) is 11.4 Å². The van der Waals surface area contributed by atoms with Crippen molar-refractivity contribution in [3.8, 4) is 5.75 Å². The molecule has 4 heteroatoms. The lowest BCUT2D eigenvalue weighted by Crippen LogP contribution is -1.98. The van der Waals surface area contributed by atoms with Gasteiger partial charge in [0, 0.05) is 10.5 Å². The van der Waals surface area contributed by atoms with Gasteiger partial charge in [0.15, 0.2) is 0 Å². The number of ether oxygens (including phenoxy) is 1. The average Bonchev–Trinajstić information content (AvgIpc) is 2.33. The first-order valence-corrected chi connectivity index (χ1v) is 5.97. The third-order valence-corrected chi connectivity index (χ3v) is 2.91. The lowest BCUT2D eigenvalue weighted by Gasteiger charge is -2.08. The van der Waals surface area contributed by atoms with Crippen molar-refractivity contribution in [3.63, 3.8) is 0 Å². The summed E-state index contributed by atoms with van der Waals surface area (Å²) in [5, 5.41) is 0. The van der Waals surface area contributed by atoms with E-state index in [0.29, 0.717) is 18.0 Å². The summed E-state index contributed by atoms with van der Waals surface area (Å²) in [6.07, 6.45) is 0. The molecule has 0 bridgehead atoms. The minimum Gasteiger partial charge on any atom is -0.489 e. The first-order chi connectivity index (χ1) is 8.15. The van der Waals surface area contributed by atoms with Gasteiger partial charge in [-0.1, -0.05) is 28.1 Å². The Balaban J connectivity index is 2.02. The first kappa shape index (κ1) is 11.8. The number of hydrogen-bond donors (Lipinski definition) is 2. The maximum absolute atomic E-state index is 5.70. The monoisotopic (exact) mass is 292 g/mol. The number of nitrogens with two attached hydrogens (primary N) is 2. The molecule has 0 atom stereocenters. The predicted molar refractivity (Wildman–Crippen MR) is 73.7 cm³/mol. The molecule has 0 radical (unpaired) electrons. The van der Waals surface area contributed by atoms with Crippen molar-refractivity contribution in [2.24, 2.45) is 0 Å². The highest BCUT2D eigenvalue weighted by molar-refractivity contribution is 9.10. The second-order valence-corrected chi connectivity index (χ2v) is 4.62. The molecule has 88 valence electrons. The first-order valence-electron chi connectivity index (χ1n) is 5.17. The number of halogens is 1. The number of anilines is 2. The van der Waals surface area contributed by atoms with Crippen LogP contribution in [0.3, 0.4) is 0 Å². The number of benzene rings is 2. The van der Waals surface area contributed by atoms with E-state index in [2.05, 4.69) is 15.9 Å². The molecule has 0 unspecified atom stereocenters. The largest absolute Gasteiger partial charge is 0.489 e. The Morgan fingerprint density at radius 1 is 0.941 bits per heavy atom. The van der Waals surface area contributed by atoms with Crippen molar-refractivity contribution >= 4 is 27.3 Å². The van der Waals surface area contributed by atoms with Crippen molar-refractivity contribution in [2.45, 2.75) is 6.61 Å². The molecule has 0 heterocycles. The highest BCUT2D eigenvalue weighted by Crippen LogP contribution is 2.22. The lowest BCUT2D eigenvalue weighted by molar-refractivity contribution is 0.306. The van der Waals surface area contributed by atoms with Crippen molar-refractivity contribution in [1.29, 1.82) is 0 Å². The molecule has 0 spiro atoms. The van der Waals surface area contributed by atoms with Gasteiger partial charge in [-0.05, 0) is 29.8 Å². The van der Waals surface area contributed by atoms with E-state index in [-0.39, 0.29) is 0 Å². The third kappa shape index (κ3) is 3.14. The van der Waals surface area contributed by atoms with Gasteiger partial charge in [0.1, 0.15) is 12.4 Å². The molecule has 2 aromatic carbocycles. The van der Waals surface area contributed by atoms with Crippen molar-refractivity contribution in [2.75, 3.05) is 11.5 Å². The minimum atomic E-state index is 0.511. The van der Waals surface area contributed by atoms with Gasteiger partial charge in [-0.25, -0.2) is 0 Å². The maximum Gasteiger partial charge on any atom is 0.122 e. The molecule has 2 rings (SSSR count). The topological polar surface area (TPSA) is 61.3 Å². The van der Waals surface area contributed by atoms with E-state index in [1.807, 2.05) is 30.3 Å². The SMILES string of the molecule is Nc1ccc(OCc2ccc(Br)cc2)cc1N. The molecule has 0 amide bonds. The maximum atomic E-state index is 5.70. The molecule has 0 aliphatic carbocycles. The fraction of sp³-hybridized carbons (Fsp3) is 0.0769. The fourth-order valence-electron chi connectivity index (χ4n) is 1.39. The van der Waals surface area contributed by atoms with Crippen LogP contribution in [0, 0.1) is 0 Å². The van der Waals surface area contributed by atoms with Crippen LogP contribution in [-0.4, -0.2) is 0 Å². The van der Waals surface area contributed by atoms with Gasteiger partial charge in [-0.15, -0.1) is 0 Å². The van der Waals surface area contributed by atoms with Crippen LogP contribution in [-0.2, 0) is 6.61 Å². The quantitative estimate of drug-likeness (QED) is 0.854. The predicted octanol–water partition coefficient (Wildman–Crippen LogP) is 3.19. The highest BCUT2D eigenvalue weighted by atomic mass is 79.9. The summed E-state index contributed by atoms with van der Waals surface area (Å²) in [6.45, 7) is 0.511. The van der Waals surface area contributed by atoms with E-state index in [1.54, 1.807) is 12.1 Å². The zero-order valence-corrected chi connectivity index (χ0v) is 10.8. The van der Waals surface area contributed by atoms with Gasteiger partial charge < -0.3 is 16.2 Å². The molecule has 0 aliphatic rings. The van der Waals surface area contributed by atoms with Crippen LogP contribution in [0.1, 0.15) is 5.56 Å². The third-order valence-electron chi connectivity index (χ3n) is 2.38. The van der Waals surface area contributed by atoms with Crippen LogP contribution in [0.15, 0.2) is 46.9 Å². The highest BCUT2D eigenvalue weighted by Gasteiger charge is 1.99. The lowest BCUT2D eigenvalue weighted by atomic mass is 10.2. The summed E-state index contributed by atoms with van der Waals surface area (Å²) < 4.78 is 6.67. The molecule has 17 heavy (non-hydrogen) atoms. The molecule has 0 fully saturated rings. The van der Waals surface area contributed by atoms with Crippen molar-refractivity contribution in [1.82, 2.24) is 0 Å². The van der Waals surface area contributed by atoms with Crippen LogP contribution < -0.4 is 16.2 Å². The second kappa shape index (κ2) is 5.10. The van der Waals surface area contributed by atoms with Crippen LogP contribution in [0.4, 0.5) is 11.4 Å². The minimum absolute atomic E-state index is 0.511. The Morgan fingerprint density at radius 2 is 1.65 bits per heavy atom. The Labute approximate surface area is 109 Å². The summed E-state index contributed by atoms with van der Waals surface area (Å²) in [5.74, 6) is 0.722. The normalized spacial score (nSPS) is 10.2. The zero-order chi connectivity index (χ0) is 12.3. The molecule has 2 aromatic rings. The van der Waals surface area contributed by atoms with Crippen LogP contribution in [0.2, 0.25) is 0 Å². The summed E-state index contributed by atoms with van der Waals surface area (Å²) in [6, 6.07) is 13.3. The van der Waals surface area contributed by atoms with Crippen molar-refractivity contribution in [3.05, 3.63) is 52.5 Å². The summed E-state index contributed by atoms with van der Waals surface area (Å²) in [7, 11) is 0. The summed E-state index contributed by atoms with van der Waals surface area (Å²) in [4.78, 5) is 0. The van der Waals surface area contributed by atoms with E-state index >= 15 is 0 Å². The van der Waals surface area contributed by atoms with Crippen molar-refractivity contribution < 1.29 is 4.74 Å². The average molecular weight is 293 g/mol. The molecule has 4 N–H and O–H groups in total. The molecular formula is C13H13BrN2O. The van der Waals surface area contributed by atoms with Gasteiger partial charge in [0.2, 0.25) is 0 Å². The second-order valence-electron chi connectivity index (χ2n) is 3.71. The van der Waals surface area contributed by atoms with Crippen LogP contribution in [0.5, 0.6) is 5.75 Å². The number of nitrogen functional groups attached to an aromatic ring is 2. The molecule has 0 aliphatic heterocycles. The standard InChI is InChI=1S/C13H13BrN2O/c14-10-3-1-9(2-4-10)8-17-11-5-6-12(15)13(16)7-11/h1-7H,8,15-16H2. The van der Waals surface area contributed by atoms with Gasteiger partial charge in [-0.3, -0.25) is 0 Å². The fourth-order valence-corrected chi connectivity index (χ4v) is 1.65. The molecule has 3 nitrogen and oxygen atoms in total. The van der Waals surface area contributed by atoms with E-state index in [4.69, 9.17) is 16.2 Å². The zero-order valence-electron chi connectivity index (χ0n) is 9.19. The Hall–Kier alpha value is -1.68. The summed E-state index contributed by atoms with van der Waals surface area (Å²) >= 11 is 3.39. The van der Waals surface area contributed by atoms with E-state index in [9.17, 15) is 0 Å². The van der Waals surface area contributed by atoms with Gasteiger partial charge >= 0.3 is 0 Å². The molecule has 0 saturated carbocycles. The Bertz CT molecular complexity index is 511. The van der Waals surface area contributed by atoms with E-state index in [1.165, 1.54) is 0 Å². The Kier molecular flexibility index (Phi) is 3.54. The van der Waals surface area contributed by atoms with E-state index in [0.717, 1.165) is 15.8 Å². The summed E-state index contributed by atoms with van der Waals surface area (Å²) in [5.41, 5.74) is 13.5. The molecule has 0 aromatic heterocycles. The van der Waals surface area contributed by atoms with Crippen LogP contribution in [0.25, 0.3) is 0 Å². The molecule has 0 saturated heterocycles. The van der Waals surface area contributed by atoms with Gasteiger partial charge in [-0.2, -0.15) is 0 Å². The van der Waals surface area contributed by atoms with E-state index < -0.39 is 0 Å². The Morgan fingerprint density at radius 3 is 2.29 bits per heavy atom. The number of rotatable bonds is 3. The smallest absolute Gasteiger partial charge is 0.122 e. The van der Waals surface area contributed by atoms with Crippen LogP contribution >= 0.6 is 15.9 Å².